The molecule has 0 saturated carbocycles. The maximum atomic E-state index is 12.5. The smallest absolute Gasteiger partial charge is 0.247 e. The van der Waals surface area contributed by atoms with Gasteiger partial charge in [-0.15, -0.1) is 0 Å². The summed E-state index contributed by atoms with van der Waals surface area (Å²) in [6.45, 7) is 5.24. The molecule has 0 radical (unpaired) electrons. The lowest BCUT2D eigenvalue weighted by molar-refractivity contribution is -0.121. The fourth-order valence-electron chi connectivity index (χ4n) is 2.15. The number of imide groups is 1. The average Bonchev–Trinajstić information content (AvgIpc) is 2.74. The number of hydrogen-bond donors (Lipinski definition) is 1. The van der Waals surface area contributed by atoms with E-state index in [2.05, 4.69) is 10.3 Å². The van der Waals surface area contributed by atoms with Gasteiger partial charge in [-0.05, 0) is 32.0 Å². The molecule has 0 aromatic heterocycles. The number of thioether (sulfide) groups is 1. The van der Waals surface area contributed by atoms with E-state index in [1.54, 1.807) is 24.3 Å². The number of amides is 2. The maximum Gasteiger partial charge on any atom is 0.247 e. The summed E-state index contributed by atoms with van der Waals surface area (Å²) in [5.41, 5.74) is 0.517. The molecule has 1 N–H and O–H groups in total. The van der Waals surface area contributed by atoms with E-state index in [1.807, 2.05) is 13.8 Å². The van der Waals surface area contributed by atoms with Crippen LogP contribution in [0.25, 0.3) is 0 Å². The Bertz CT molecular complexity index is 606. The maximum absolute atomic E-state index is 12.5. The summed E-state index contributed by atoms with van der Waals surface area (Å²) in [5.74, 6) is -0.434. The van der Waals surface area contributed by atoms with Crippen molar-refractivity contribution in [2.75, 3.05) is 18.0 Å². The van der Waals surface area contributed by atoms with Crippen LogP contribution in [0.2, 0.25) is 5.02 Å². The normalized spacial score (nSPS) is 19.0. The van der Waals surface area contributed by atoms with Crippen LogP contribution in [0.1, 0.15) is 20.3 Å². The molecule has 1 aromatic rings. The Hall–Kier alpha value is -1.53. The van der Waals surface area contributed by atoms with Crippen LogP contribution < -0.4 is 10.2 Å². The van der Waals surface area contributed by atoms with Gasteiger partial charge in [-0.25, -0.2) is 4.90 Å². The molecule has 1 aliphatic heterocycles. The first-order valence-electron chi connectivity index (χ1n) is 7.14. The van der Waals surface area contributed by atoms with Crippen LogP contribution in [0.5, 0.6) is 0 Å². The highest BCUT2D eigenvalue weighted by Crippen LogP contribution is 2.31. The molecule has 1 atom stereocenters. The largest absolute Gasteiger partial charge is 0.365 e. The number of aliphatic imine (C=N–C) groups is 1. The highest BCUT2D eigenvalue weighted by Gasteiger charge is 2.40. The number of carbonyl (C=O) groups excluding carboxylic acids is 2. The molecule has 0 spiro atoms. The van der Waals surface area contributed by atoms with E-state index in [0.717, 1.165) is 6.54 Å². The van der Waals surface area contributed by atoms with E-state index in [4.69, 9.17) is 11.6 Å². The van der Waals surface area contributed by atoms with Gasteiger partial charge >= 0.3 is 0 Å². The molecule has 0 bridgehead atoms. The fraction of sp³-hybridized carbons (Fsp3) is 0.400. The molecule has 5 nitrogen and oxygen atoms in total. The standard InChI is InChI=1S/C15H18ClN3O2S/c1-3-17-15(18-4-2)22-12-9-13(20)19(14(12)21)11-7-5-6-10(16)8-11/h5-8,12H,3-4,9H2,1-2H3,(H,17,18)/t12-/m0/s1. The van der Waals surface area contributed by atoms with E-state index in [9.17, 15) is 9.59 Å². The van der Waals surface area contributed by atoms with Gasteiger partial charge in [0, 0.05) is 24.5 Å². The van der Waals surface area contributed by atoms with Gasteiger partial charge in [0.05, 0.1) is 5.69 Å². The number of amidine groups is 1. The molecular formula is C15H18ClN3O2S. The number of benzene rings is 1. The van der Waals surface area contributed by atoms with Crippen LogP contribution in [-0.2, 0) is 9.59 Å². The summed E-state index contributed by atoms with van der Waals surface area (Å²) in [7, 11) is 0. The summed E-state index contributed by atoms with van der Waals surface area (Å²) in [6.07, 6.45) is 0.171. The third kappa shape index (κ3) is 3.81. The van der Waals surface area contributed by atoms with Crippen molar-refractivity contribution in [3.05, 3.63) is 29.3 Å². The van der Waals surface area contributed by atoms with Gasteiger partial charge in [-0.3, -0.25) is 14.6 Å². The second-order valence-electron chi connectivity index (χ2n) is 4.67. The highest BCUT2D eigenvalue weighted by atomic mass is 35.5. The van der Waals surface area contributed by atoms with Gasteiger partial charge < -0.3 is 5.32 Å². The zero-order valence-electron chi connectivity index (χ0n) is 12.5. The molecule has 0 unspecified atom stereocenters. The number of halogens is 1. The Labute approximate surface area is 139 Å². The van der Waals surface area contributed by atoms with Crippen LogP contribution >= 0.6 is 23.4 Å². The molecule has 1 heterocycles. The Balaban J connectivity index is 2.16. The number of anilines is 1. The Morgan fingerprint density at radius 1 is 1.45 bits per heavy atom. The fourth-order valence-corrected chi connectivity index (χ4v) is 3.46. The Kier molecular flexibility index (Phi) is 5.85. The average molecular weight is 340 g/mol. The number of carbonyl (C=O) groups is 2. The molecule has 1 fully saturated rings. The van der Waals surface area contributed by atoms with Crippen LogP contribution in [0.3, 0.4) is 0 Å². The summed E-state index contributed by atoms with van der Waals surface area (Å²) in [6, 6.07) is 6.76. The third-order valence-corrected chi connectivity index (χ3v) is 4.44. The zero-order chi connectivity index (χ0) is 16.1. The first-order chi connectivity index (χ1) is 10.6. The first kappa shape index (κ1) is 16.8. The number of nitrogens with zero attached hydrogens (tertiary/aromatic N) is 2. The Morgan fingerprint density at radius 2 is 2.23 bits per heavy atom. The lowest BCUT2D eigenvalue weighted by Gasteiger charge is -2.15. The molecule has 2 rings (SSSR count). The summed E-state index contributed by atoms with van der Waals surface area (Å²) in [5, 5.41) is 3.86. The van der Waals surface area contributed by atoms with Crippen molar-refractivity contribution in [2.24, 2.45) is 4.99 Å². The number of nitrogens with one attached hydrogen (secondary N) is 1. The van der Waals surface area contributed by atoms with E-state index in [-0.39, 0.29) is 18.2 Å². The van der Waals surface area contributed by atoms with Crippen molar-refractivity contribution >= 4 is 46.0 Å². The zero-order valence-corrected chi connectivity index (χ0v) is 14.1. The lowest BCUT2D eigenvalue weighted by atomic mass is 10.3. The first-order valence-corrected chi connectivity index (χ1v) is 8.39. The van der Waals surface area contributed by atoms with Crippen molar-refractivity contribution in [2.45, 2.75) is 25.5 Å². The summed E-state index contributed by atoms with van der Waals surface area (Å²) in [4.78, 5) is 30.2. The van der Waals surface area contributed by atoms with E-state index in [1.165, 1.54) is 16.7 Å². The predicted molar refractivity (Wildman–Crippen MR) is 91.6 cm³/mol. The predicted octanol–water partition coefficient (Wildman–Crippen LogP) is 2.69. The van der Waals surface area contributed by atoms with Crippen LogP contribution in [0.15, 0.2) is 29.3 Å². The van der Waals surface area contributed by atoms with E-state index in [0.29, 0.717) is 22.4 Å². The molecular weight excluding hydrogens is 322 g/mol. The minimum absolute atomic E-state index is 0.171. The van der Waals surface area contributed by atoms with Crippen molar-refractivity contribution in [1.29, 1.82) is 0 Å². The summed E-state index contributed by atoms with van der Waals surface area (Å²) < 4.78 is 0. The van der Waals surface area contributed by atoms with Crippen LogP contribution in [0.4, 0.5) is 5.69 Å². The van der Waals surface area contributed by atoms with E-state index < -0.39 is 5.25 Å². The van der Waals surface area contributed by atoms with Gasteiger partial charge in [0.15, 0.2) is 5.17 Å². The molecule has 22 heavy (non-hydrogen) atoms. The summed E-state index contributed by atoms with van der Waals surface area (Å²) >= 11 is 7.25. The van der Waals surface area contributed by atoms with Gasteiger partial charge in [-0.2, -0.15) is 0 Å². The third-order valence-electron chi connectivity index (χ3n) is 3.06. The minimum atomic E-state index is -0.448. The van der Waals surface area contributed by atoms with Crippen molar-refractivity contribution in [1.82, 2.24) is 5.32 Å². The molecule has 1 aliphatic rings. The van der Waals surface area contributed by atoms with Crippen molar-refractivity contribution < 1.29 is 9.59 Å². The monoisotopic (exact) mass is 339 g/mol. The second kappa shape index (κ2) is 7.65. The molecule has 2 amide bonds. The minimum Gasteiger partial charge on any atom is -0.365 e. The van der Waals surface area contributed by atoms with E-state index >= 15 is 0 Å². The Morgan fingerprint density at radius 3 is 2.86 bits per heavy atom. The van der Waals surface area contributed by atoms with Gasteiger partial charge in [0.2, 0.25) is 11.8 Å². The van der Waals surface area contributed by atoms with Gasteiger partial charge in [0.1, 0.15) is 5.25 Å². The number of rotatable bonds is 4. The molecule has 118 valence electrons. The lowest BCUT2D eigenvalue weighted by Crippen LogP contribution is -2.32. The quantitative estimate of drug-likeness (QED) is 0.520. The topological polar surface area (TPSA) is 61.8 Å². The van der Waals surface area contributed by atoms with Crippen molar-refractivity contribution in [3.8, 4) is 0 Å². The molecule has 0 aliphatic carbocycles. The second-order valence-corrected chi connectivity index (χ2v) is 6.30. The molecule has 7 heteroatoms. The number of hydrogen-bond acceptors (Lipinski definition) is 4. The molecule has 1 saturated heterocycles. The highest BCUT2D eigenvalue weighted by molar-refractivity contribution is 8.15. The van der Waals surface area contributed by atoms with Crippen LogP contribution in [0, 0.1) is 0 Å². The van der Waals surface area contributed by atoms with Gasteiger partial charge in [0.25, 0.3) is 0 Å². The van der Waals surface area contributed by atoms with Crippen molar-refractivity contribution in [3.63, 3.8) is 0 Å². The molecule has 1 aromatic carbocycles. The van der Waals surface area contributed by atoms with Crippen LogP contribution in [-0.4, -0.2) is 35.3 Å². The van der Waals surface area contributed by atoms with Gasteiger partial charge in [-0.1, -0.05) is 29.4 Å². The SMILES string of the molecule is CCN=C(NCC)S[C@H]1CC(=O)N(c2cccc(Cl)c2)C1=O.